The van der Waals surface area contributed by atoms with Crippen molar-refractivity contribution in [1.29, 1.82) is 0 Å². The highest BCUT2D eigenvalue weighted by Gasteiger charge is 2.10. The molecule has 2 heterocycles. The predicted octanol–water partition coefficient (Wildman–Crippen LogP) is 1.80. The van der Waals surface area contributed by atoms with Crippen molar-refractivity contribution in [3.8, 4) is 11.5 Å². The maximum absolute atomic E-state index is 12.8. The first-order valence-electron chi connectivity index (χ1n) is 5.78. The second kappa shape index (κ2) is 5.18. The van der Waals surface area contributed by atoms with E-state index in [1.54, 1.807) is 6.07 Å². The lowest BCUT2D eigenvalue weighted by Crippen LogP contribution is -2.09. The third-order valence-electron chi connectivity index (χ3n) is 2.77. The highest BCUT2D eigenvalue weighted by atomic mass is 19.1. The van der Waals surface area contributed by atoms with Crippen molar-refractivity contribution in [2.45, 2.75) is 20.3 Å². The van der Waals surface area contributed by atoms with Crippen LogP contribution in [-0.4, -0.2) is 21.5 Å². The first-order valence-corrected chi connectivity index (χ1v) is 5.78. The van der Waals surface area contributed by atoms with Crippen LogP contribution >= 0.6 is 0 Å². The minimum atomic E-state index is -0.369. The average Bonchev–Trinajstić information content (AvgIpc) is 2.34. The molecule has 4 nitrogen and oxygen atoms in total. The molecule has 2 aromatic heterocycles. The minimum Gasteiger partial charge on any atom is -0.330 e. The van der Waals surface area contributed by atoms with E-state index in [2.05, 4.69) is 15.0 Å². The zero-order chi connectivity index (χ0) is 13.1. The van der Waals surface area contributed by atoms with E-state index in [-0.39, 0.29) is 5.82 Å². The number of nitrogens with two attached hydrogens (primary N) is 1. The van der Waals surface area contributed by atoms with Crippen molar-refractivity contribution in [1.82, 2.24) is 15.0 Å². The Morgan fingerprint density at radius 1 is 1.17 bits per heavy atom. The van der Waals surface area contributed by atoms with E-state index in [9.17, 15) is 4.39 Å². The summed E-state index contributed by atoms with van der Waals surface area (Å²) in [6, 6.07) is 2.93. The Hall–Kier alpha value is -1.88. The molecule has 2 aromatic rings. The van der Waals surface area contributed by atoms with Crippen molar-refractivity contribution >= 4 is 0 Å². The highest BCUT2D eigenvalue weighted by Crippen LogP contribution is 2.17. The number of pyridine rings is 1. The Kier molecular flexibility index (Phi) is 3.62. The van der Waals surface area contributed by atoms with Gasteiger partial charge in [0.25, 0.3) is 0 Å². The van der Waals surface area contributed by atoms with Crippen molar-refractivity contribution in [2.75, 3.05) is 6.54 Å². The molecule has 0 saturated heterocycles. The fraction of sp³-hybridized carbons (Fsp3) is 0.308. The SMILES string of the molecule is Cc1nc(-c2ccc(F)cn2)nc(C)c1CCN. The Morgan fingerprint density at radius 3 is 2.33 bits per heavy atom. The van der Waals surface area contributed by atoms with Crippen LogP contribution in [0.5, 0.6) is 0 Å². The second-order valence-electron chi connectivity index (χ2n) is 4.10. The number of aromatic nitrogens is 3. The smallest absolute Gasteiger partial charge is 0.178 e. The lowest BCUT2D eigenvalue weighted by molar-refractivity contribution is 0.621. The first kappa shape index (κ1) is 12.6. The Labute approximate surface area is 105 Å². The van der Waals surface area contributed by atoms with Gasteiger partial charge in [0, 0.05) is 11.4 Å². The monoisotopic (exact) mass is 246 g/mol. The van der Waals surface area contributed by atoms with Crippen LogP contribution in [0.3, 0.4) is 0 Å². The maximum Gasteiger partial charge on any atom is 0.178 e. The number of hydrogen-bond acceptors (Lipinski definition) is 4. The van der Waals surface area contributed by atoms with Crippen molar-refractivity contribution in [3.63, 3.8) is 0 Å². The molecule has 0 saturated carbocycles. The molecule has 0 aliphatic carbocycles. The molecule has 18 heavy (non-hydrogen) atoms. The Bertz CT molecular complexity index is 528. The summed E-state index contributed by atoms with van der Waals surface area (Å²) in [5.41, 5.74) is 8.99. The Balaban J connectivity index is 2.44. The molecule has 0 aliphatic heterocycles. The number of nitrogens with zero attached hydrogens (tertiary/aromatic N) is 3. The number of rotatable bonds is 3. The molecule has 2 rings (SSSR count). The van der Waals surface area contributed by atoms with Gasteiger partial charge in [0.2, 0.25) is 0 Å². The van der Waals surface area contributed by atoms with Gasteiger partial charge in [-0.1, -0.05) is 0 Å². The molecule has 94 valence electrons. The fourth-order valence-electron chi connectivity index (χ4n) is 1.87. The average molecular weight is 246 g/mol. The van der Waals surface area contributed by atoms with E-state index < -0.39 is 0 Å². The van der Waals surface area contributed by atoms with Gasteiger partial charge in [-0.15, -0.1) is 0 Å². The van der Waals surface area contributed by atoms with Crippen LogP contribution in [0, 0.1) is 19.7 Å². The molecule has 0 unspecified atom stereocenters. The molecule has 0 aromatic carbocycles. The van der Waals surface area contributed by atoms with E-state index in [1.807, 2.05) is 13.8 Å². The summed E-state index contributed by atoms with van der Waals surface area (Å²) < 4.78 is 12.8. The summed E-state index contributed by atoms with van der Waals surface area (Å²) >= 11 is 0. The topological polar surface area (TPSA) is 64.7 Å². The number of aryl methyl sites for hydroxylation is 2. The molecular formula is C13H15FN4. The van der Waals surface area contributed by atoms with E-state index in [1.165, 1.54) is 6.07 Å². The molecule has 0 fully saturated rings. The van der Waals surface area contributed by atoms with Gasteiger partial charge in [-0.3, -0.25) is 0 Å². The molecule has 5 heteroatoms. The summed E-state index contributed by atoms with van der Waals surface area (Å²) in [5, 5.41) is 0. The third-order valence-corrected chi connectivity index (χ3v) is 2.77. The predicted molar refractivity (Wildman–Crippen MR) is 67.5 cm³/mol. The van der Waals surface area contributed by atoms with Gasteiger partial charge in [0.1, 0.15) is 11.5 Å². The zero-order valence-electron chi connectivity index (χ0n) is 10.4. The van der Waals surface area contributed by atoms with Gasteiger partial charge >= 0.3 is 0 Å². The van der Waals surface area contributed by atoms with E-state index >= 15 is 0 Å². The molecule has 0 spiro atoms. The number of hydrogen-bond donors (Lipinski definition) is 1. The first-order chi connectivity index (χ1) is 8.61. The molecule has 0 aliphatic rings. The summed E-state index contributed by atoms with van der Waals surface area (Å²) in [6.07, 6.45) is 1.92. The van der Waals surface area contributed by atoms with Crippen molar-refractivity contribution in [2.24, 2.45) is 5.73 Å². The van der Waals surface area contributed by atoms with Crippen LogP contribution in [0.1, 0.15) is 17.0 Å². The van der Waals surface area contributed by atoms with Crippen LogP contribution in [0.25, 0.3) is 11.5 Å². The normalized spacial score (nSPS) is 10.7. The quantitative estimate of drug-likeness (QED) is 0.896. The van der Waals surface area contributed by atoms with Crippen molar-refractivity contribution < 1.29 is 4.39 Å². The van der Waals surface area contributed by atoms with E-state index in [4.69, 9.17) is 5.73 Å². The van der Waals surface area contributed by atoms with Gasteiger partial charge in [-0.05, 0) is 44.5 Å². The highest BCUT2D eigenvalue weighted by molar-refractivity contribution is 5.50. The summed E-state index contributed by atoms with van der Waals surface area (Å²) in [7, 11) is 0. The zero-order valence-corrected chi connectivity index (χ0v) is 10.4. The molecular weight excluding hydrogens is 231 g/mol. The van der Waals surface area contributed by atoms with Crippen LogP contribution < -0.4 is 5.73 Å². The molecule has 2 N–H and O–H groups in total. The Morgan fingerprint density at radius 2 is 1.83 bits per heavy atom. The molecule has 0 amide bonds. The standard InChI is InChI=1S/C13H15FN4/c1-8-11(5-6-15)9(2)18-13(17-8)12-4-3-10(14)7-16-12/h3-4,7H,5-6,15H2,1-2H3. The second-order valence-corrected chi connectivity index (χ2v) is 4.10. The molecule has 0 atom stereocenters. The summed E-state index contributed by atoms with van der Waals surface area (Å²) in [4.78, 5) is 12.8. The van der Waals surface area contributed by atoms with E-state index in [0.717, 1.165) is 29.6 Å². The largest absolute Gasteiger partial charge is 0.330 e. The van der Waals surface area contributed by atoms with Crippen molar-refractivity contribution in [3.05, 3.63) is 41.1 Å². The lowest BCUT2D eigenvalue weighted by atomic mass is 10.1. The van der Waals surface area contributed by atoms with Gasteiger partial charge < -0.3 is 5.73 Å². The third kappa shape index (κ3) is 2.51. The van der Waals surface area contributed by atoms with Gasteiger partial charge in [0.05, 0.1) is 6.20 Å². The molecule has 0 radical (unpaired) electrons. The van der Waals surface area contributed by atoms with Gasteiger partial charge in [-0.25, -0.2) is 19.3 Å². The fourth-order valence-corrected chi connectivity index (χ4v) is 1.87. The summed E-state index contributed by atoms with van der Waals surface area (Å²) in [5.74, 6) is 0.151. The lowest BCUT2D eigenvalue weighted by Gasteiger charge is -2.09. The number of halogens is 1. The van der Waals surface area contributed by atoms with Gasteiger partial charge in [0.15, 0.2) is 5.82 Å². The minimum absolute atomic E-state index is 0.369. The van der Waals surface area contributed by atoms with Crippen LogP contribution in [0.4, 0.5) is 4.39 Å². The van der Waals surface area contributed by atoms with Crippen LogP contribution in [0.15, 0.2) is 18.3 Å². The van der Waals surface area contributed by atoms with Crippen LogP contribution in [-0.2, 0) is 6.42 Å². The molecule has 0 bridgehead atoms. The van der Waals surface area contributed by atoms with Gasteiger partial charge in [-0.2, -0.15) is 0 Å². The maximum atomic E-state index is 12.8. The van der Waals surface area contributed by atoms with E-state index in [0.29, 0.717) is 18.1 Å². The summed E-state index contributed by atoms with van der Waals surface area (Å²) in [6.45, 7) is 4.42. The van der Waals surface area contributed by atoms with Crippen LogP contribution in [0.2, 0.25) is 0 Å².